The van der Waals surface area contributed by atoms with Gasteiger partial charge in [0.15, 0.2) is 0 Å². The van der Waals surface area contributed by atoms with Gasteiger partial charge >= 0.3 is 0 Å². The zero-order chi connectivity index (χ0) is 12.7. The van der Waals surface area contributed by atoms with Gasteiger partial charge in [0, 0.05) is 23.1 Å². The topological polar surface area (TPSA) is 32.3 Å². The third kappa shape index (κ3) is 4.70. The quantitative estimate of drug-likeness (QED) is 0.784. The minimum atomic E-state index is 0.274. The van der Waals surface area contributed by atoms with Gasteiger partial charge in [-0.15, -0.1) is 0 Å². The molecule has 1 aromatic carbocycles. The highest BCUT2D eigenvalue weighted by molar-refractivity contribution is 8.00. The Morgan fingerprint density at radius 3 is 2.41 bits per heavy atom. The Morgan fingerprint density at radius 2 is 1.88 bits per heavy atom. The Morgan fingerprint density at radius 1 is 1.24 bits per heavy atom. The molecule has 0 radical (unpaired) electrons. The maximum Gasteiger partial charge on any atom is 0.0441 e. The van der Waals surface area contributed by atoms with Crippen molar-refractivity contribution in [1.29, 1.82) is 0 Å². The molecule has 2 N–H and O–H groups in total. The third-order valence-electron chi connectivity index (χ3n) is 2.92. The van der Waals surface area contributed by atoms with Crippen LogP contribution in [-0.2, 0) is 0 Å². The fraction of sp³-hybridized carbons (Fsp3) is 0.571. The highest BCUT2D eigenvalue weighted by Crippen LogP contribution is 2.29. The normalized spacial score (nSPS) is 16.5. The van der Waals surface area contributed by atoms with Crippen LogP contribution in [0.25, 0.3) is 0 Å². The molecule has 0 bridgehead atoms. The van der Waals surface area contributed by atoms with E-state index < -0.39 is 0 Å². The first-order valence-electron chi connectivity index (χ1n) is 6.17. The summed E-state index contributed by atoms with van der Waals surface area (Å²) in [4.78, 5) is 0. The molecule has 0 saturated heterocycles. The van der Waals surface area contributed by atoms with Crippen molar-refractivity contribution in [1.82, 2.24) is 5.32 Å². The van der Waals surface area contributed by atoms with Crippen molar-refractivity contribution in [2.75, 3.05) is 13.7 Å². The lowest BCUT2D eigenvalue weighted by atomic mass is 10.0. The SMILES string of the molecule is CNC(c1ccccc1)C(C)SC(C)CCO. The second kappa shape index (κ2) is 7.75. The van der Waals surface area contributed by atoms with Crippen molar-refractivity contribution in [2.45, 2.75) is 36.8 Å². The van der Waals surface area contributed by atoms with Gasteiger partial charge < -0.3 is 10.4 Å². The summed E-state index contributed by atoms with van der Waals surface area (Å²) in [5.74, 6) is 0. The van der Waals surface area contributed by atoms with E-state index in [0.717, 1.165) is 6.42 Å². The van der Waals surface area contributed by atoms with Crippen molar-refractivity contribution >= 4 is 11.8 Å². The van der Waals surface area contributed by atoms with E-state index in [1.807, 2.05) is 24.9 Å². The summed E-state index contributed by atoms with van der Waals surface area (Å²) in [6.45, 7) is 4.69. The minimum absolute atomic E-state index is 0.274. The highest BCUT2D eigenvalue weighted by Gasteiger charge is 2.19. The van der Waals surface area contributed by atoms with E-state index in [4.69, 9.17) is 5.11 Å². The number of hydrogen-bond donors (Lipinski definition) is 2. The molecule has 1 rings (SSSR count). The van der Waals surface area contributed by atoms with Crippen molar-refractivity contribution < 1.29 is 5.11 Å². The lowest BCUT2D eigenvalue weighted by Crippen LogP contribution is -2.26. The molecule has 0 aliphatic carbocycles. The number of aliphatic hydroxyl groups is 1. The molecule has 0 fully saturated rings. The zero-order valence-corrected chi connectivity index (χ0v) is 11.7. The predicted molar refractivity (Wildman–Crippen MR) is 76.5 cm³/mol. The Bertz CT molecular complexity index is 304. The van der Waals surface area contributed by atoms with E-state index in [-0.39, 0.29) is 6.61 Å². The van der Waals surface area contributed by atoms with Crippen LogP contribution in [0.15, 0.2) is 30.3 Å². The summed E-state index contributed by atoms with van der Waals surface area (Å²) in [5, 5.41) is 13.3. The maximum absolute atomic E-state index is 8.93. The molecule has 96 valence electrons. The lowest BCUT2D eigenvalue weighted by molar-refractivity contribution is 0.288. The van der Waals surface area contributed by atoms with Gasteiger partial charge in [-0.25, -0.2) is 0 Å². The second-order valence-corrected chi connectivity index (χ2v) is 6.16. The summed E-state index contributed by atoms with van der Waals surface area (Å²) in [5.41, 5.74) is 1.33. The second-order valence-electron chi connectivity index (χ2n) is 4.34. The Hall–Kier alpha value is -0.510. The van der Waals surface area contributed by atoms with Crippen LogP contribution in [0.2, 0.25) is 0 Å². The molecule has 17 heavy (non-hydrogen) atoms. The Balaban J connectivity index is 2.61. The first kappa shape index (κ1) is 14.6. The van der Waals surface area contributed by atoms with Crippen molar-refractivity contribution in [3.63, 3.8) is 0 Å². The van der Waals surface area contributed by atoms with Crippen molar-refractivity contribution in [3.8, 4) is 0 Å². The molecule has 0 heterocycles. The lowest BCUT2D eigenvalue weighted by Gasteiger charge is -2.26. The largest absolute Gasteiger partial charge is 0.396 e. The van der Waals surface area contributed by atoms with Crippen LogP contribution < -0.4 is 5.32 Å². The number of thioether (sulfide) groups is 1. The predicted octanol–water partition coefficient (Wildman–Crippen LogP) is 2.84. The molecular formula is C14H23NOS. The van der Waals surface area contributed by atoms with Crippen LogP contribution >= 0.6 is 11.8 Å². The van der Waals surface area contributed by atoms with Crippen LogP contribution in [-0.4, -0.2) is 29.3 Å². The van der Waals surface area contributed by atoms with Gasteiger partial charge in [0.2, 0.25) is 0 Å². The summed E-state index contributed by atoms with van der Waals surface area (Å²) in [6, 6.07) is 10.9. The van der Waals surface area contributed by atoms with Gasteiger partial charge in [-0.05, 0) is 19.0 Å². The first-order chi connectivity index (χ1) is 8.19. The van der Waals surface area contributed by atoms with Crippen LogP contribution in [0.3, 0.4) is 0 Å². The number of nitrogens with one attached hydrogen (secondary N) is 1. The molecule has 3 heteroatoms. The fourth-order valence-corrected chi connectivity index (χ4v) is 3.45. The smallest absolute Gasteiger partial charge is 0.0441 e. The summed E-state index contributed by atoms with van der Waals surface area (Å²) < 4.78 is 0. The molecule has 0 amide bonds. The standard InChI is InChI=1S/C14H23NOS/c1-11(9-10-16)17-12(2)14(15-3)13-7-5-4-6-8-13/h4-8,11-12,14-16H,9-10H2,1-3H3. The molecule has 3 atom stereocenters. The average molecular weight is 253 g/mol. The van der Waals surface area contributed by atoms with E-state index in [9.17, 15) is 0 Å². The van der Waals surface area contributed by atoms with E-state index in [0.29, 0.717) is 16.5 Å². The van der Waals surface area contributed by atoms with Gasteiger partial charge in [-0.3, -0.25) is 0 Å². The monoisotopic (exact) mass is 253 g/mol. The molecule has 0 aliphatic heterocycles. The molecule has 3 unspecified atom stereocenters. The zero-order valence-electron chi connectivity index (χ0n) is 10.9. The van der Waals surface area contributed by atoms with Gasteiger partial charge in [-0.1, -0.05) is 44.2 Å². The van der Waals surface area contributed by atoms with Crippen LogP contribution in [0.1, 0.15) is 31.9 Å². The van der Waals surface area contributed by atoms with Crippen LogP contribution in [0.4, 0.5) is 0 Å². The first-order valence-corrected chi connectivity index (χ1v) is 7.11. The average Bonchev–Trinajstić information content (AvgIpc) is 2.31. The Labute approximate surface area is 109 Å². The highest BCUT2D eigenvalue weighted by atomic mass is 32.2. The van der Waals surface area contributed by atoms with E-state index in [2.05, 4.69) is 43.4 Å². The molecule has 1 aromatic rings. The van der Waals surface area contributed by atoms with Crippen molar-refractivity contribution in [2.24, 2.45) is 0 Å². The van der Waals surface area contributed by atoms with Gasteiger partial charge in [-0.2, -0.15) is 11.8 Å². The number of aliphatic hydroxyl groups excluding tert-OH is 1. The molecule has 0 saturated carbocycles. The van der Waals surface area contributed by atoms with Crippen LogP contribution in [0.5, 0.6) is 0 Å². The molecule has 0 aromatic heterocycles. The molecule has 0 spiro atoms. The Kier molecular flexibility index (Phi) is 6.63. The van der Waals surface area contributed by atoms with Crippen LogP contribution in [0, 0.1) is 0 Å². The minimum Gasteiger partial charge on any atom is -0.396 e. The molecule has 2 nitrogen and oxygen atoms in total. The van der Waals surface area contributed by atoms with E-state index in [1.54, 1.807) is 0 Å². The summed E-state index contributed by atoms with van der Waals surface area (Å²) in [6.07, 6.45) is 0.861. The summed E-state index contributed by atoms with van der Waals surface area (Å²) in [7, 11) is 2.01. The number of benzene rings is 1. The van der Waals surface area contributed by atoms with E-state index in [1.165, 1.54) is 5.56 Å². The van der Waals surface area contributed by atoms with Gasteiger partial charge in [0.05, 0.1) is 0 Å². The maximum atomic E-state index is 8.93. The third-order valence-corrected chi connectivity index (χ3v) is 4.32. The molecular weight excluding hydrogens is 230 g/mol. The number of hydrogen-bond acceptors (Lipinski definition) is 3. The van der Waals surface area contributed by atoms with E-state index >= 15 is 0 Å². The van der Waals surface area contributed by atoms with Gasteiger partial charge in [0.25, 0.3) is 0 Å². The van der Waals surface area contributed by atoms with Crippen molar-refractivity contribution in [3.05, 3.63) is 35.9 Å². The number of rotatable bonds is 7. The fourth-order valence-electron chi connectivity index (χ4n) is 2.03. The summed E-state index contributed by atoms with van der Waals surface area (Å²) >= 11 is 1.93. The van der Waals surface area contributed by atoms with Gasteiger partial charge in [0.1, 0.15) is 0 Å². The molecule has 0 aliphatic rings.